The van der Waals surface area contributed by atoms with E-state index in [4.69, 9.17) is 4.74 Å². The molecular weight excluding hydrogens is 297 g/mol. The highest BCUT2D eigenvalue weighted by molar-refractivity contribution is 7.44. The van der Waals surface area contributed by atoms with Crippen LogP contribution in [0.2, 0.25) is 0 Å². The third-order valence-electron chi connectivity index (χ3n) is 2.54. The fraction of sp³-hybridized carbons (Fsp3) is 0.846. The molecule has 0 aliphatic heterocycles. The molecule has 0 aromatic heterocycles. The van der Waals surface area contributed by atoms with E-state index in [1.165, 1.54) is 0 Å². The van der Waals surface area contributed by atoms with Gasteiger partial charge in [-0.25, -0.2) is 4.79 Å². The molecule has 0 rings (SSSR count). The van der Waals surface area contributed by atoms with Crippen LogP contribution in [0.4, 0.5) is 0 Å². The molecule has 0 heterocycles. The first kappa shape index (κ1) is 20.0. The first-order chi connectivity index (χ1) is 9.65. The smallest absolute Gasteiger partial charge is 0.348 e. The summed E-state index contributed by atoms with van der Waals surface area (Å²) in [4.78, 5) is 22.5. The van der Waals surface area contributed by atoms with Crippen LogP contribution >= 0.6 is 7.80 Å². The Hall–Kier alpha value is -1.04. The zero-order valence-corrected chi connectivity index (χ0v) is 14.1. The van der Waals surface area contributed by atoms with Crippen LogP contribution in [0.25, 0.3) is 0 Å². The number of carbonyl (C=O) groups is 2. The number of ether oxygens (including phenoxy) is 2. The minimum absolute atomic E-state index is 0.0228. The summed E-state index contributed by atoms with van der Waals surface area (Å²) in [6.07, 6.45) is -1.15. The van der Waals surface area contributed by atoms with Crippen molar-refractivity contribution in [3.05, 3.63) is 0 Å². The first-order valence-corrected chi connectivity index (χ1v) is 8.51. The second-order valence-corrected chi connectivity index (χ2v) is 7.49. The van der Waals surface area contributed by atoms with Crippen LogP contribution in [0.3, 0.4) is 0 Å². The van der Waals surface area contributed by atoms with Gasteiger partial charge in [-0.05, 0) is 6.92 Å². The molecule has 0 aromatic carbocycles. The molecule has 2 unspecified atom stereocenters. The molecule has 0 aromatic rings. The lowest BCUT2D eigenvalue weighted by atomic mass is 10.2. The van der Waals surface area contributed by atoms with E-state index < -0.39 is 32.3 Å². The predicted octanol–water partition coefficient (Wildman–Crippen LogP) is 0.377. The Bertz CT molecular complexity index is 366. The fourth-order valence-electron chi connectivity index (χ4n) is 1.33. The highest BCUT2D eigenvalue weighted by Gasteiger charge is 2.24. The van der Waals surface area contributed by atoms with Gasteiger partial charge >= 0.3 is 19.7 Å². The number of aliphatic hydroxyl groups is 1. The molecule has 1 N–H and O–H groups in total. The van der Waals surface area contributed by atoms with E-state index in [0.29, 0.717) is 6.16 Å². The summed E-state index contributed by atoms with van der Waals surface area (Å²) in [7, 11) is 4.59. The number of hydrogen-bond acceptors (Lipinski definition) is 6. The highest BCUT2D eigenvalue weighted by atomic mass is 31.1. The molecular formula is C13H26NO6P+2. The normalized spacial score (nSPS) is 13.5. The fourth-order valence-corrected chi connectivity index (χ4v) is 2.67. The summed E-state index contributed by atoms with van der Waals surface area (Å²) in [5.74, 6) is -1.55. The van der Waals surface area contributed by atoms with Crippen LogP contribution in [0.1, 0.15) is 13.3 Å². The molecule has 2 atom stereocenters. The summed E-state index contributed by atoms with van der Waals surface area (Å²) in [6.45, 7) is 2.57. The number of rotatable bonds is 10. The molecule has 0 radical (unpaired) electrons. The maximum atomic E-state index is 11.7. The summed E-state index contributed by atoms with van der Waals surface area (Å²) in [5.41, 5.74) is 0. The van der Waals surface area contributed by atoms with Gasteiger partial charge in [0.05, 0.1) is 34.2 Å². The monoisotopic (exact) mass is 323 g/mol. The van der Waals surface area contributed by atoms with Crippen LogP contribution in [-0.2, 0) is 23.6 Å². The molecule has 7 nitrogen and oxygen atoms in total. The third kappa shape index (κ3) is 11.3. The Morgan fingerprint density at radius 1 is 1.19 bits per heavy atom. The van der Waals surface area contributed by atoms with Gasteiger partial charge in [-0.15, -0.1) is 0 Å². The zero-order valence-electron chi connectivity index (χ0n) is 13.2. The number of hydrogen-bond donors (Lipinski definition) is 1. The topological polar surface area (TPSA) is 89.9 Å². The lowest BCUT2D eigenvalue weighted by Crippen LogP contribution is -2.36. The van der Waals surface area contributed by atoms with Gasteiger partial charge < -0.3 is 19.1 Å². The van der Waals surface area contributed by atoms with Crippen molar-refractivity contribution in [2.24, 2.45) is 0 Å². The van der Waals surface area contributed by atoms with Gasteiger partial charge in [0.15, 0.2) is 18.4 Å². The van der Waals surface area contributed by atoms with Crippen molar-refractivity contribution >= 4 is 19.7 Å². The van der Waals surface area contributed by atoms with Crippen molar-refractivity contribution in [3.8, 4) is 0 Å². The minimum Gasteiger partial charge on any atom is -0.466 e. The summed E-state index contributed by atoms with van der Waals surface area (Å²) in [6, 6.07) is 0. The molecule has 0 fully saturated rings. The Labute approximate surface area is 126 Å². The predicted molar refractivity (Wildman–Crippen MR) is 78.5 cm³/mol. The molecule has 0 aliphatic rings. The number of esters is 2. The van der Waals surface area contributed by atoms with Gasteiger partial charge in [0.2, 0.25) is 0 Å². The van der Waals surface area contributed by atoms with Crippen LogP contribution in [0.5, 0.6) is 0 Å². The van der Waals surface area contributed by atoms with Crippen molar-refractivity contribution in [2.75, 3.05) is 53.2 Å². The Balaban J connectivity index is 3.88. The van der Waals surface area contributed by atoms with Crippen LogP contribution in [0.15, 0.2) is 0 Å². The molecule has 122 valence electrons. The zero-order chi connectivity index (χ0) is 16.5. The van der Waals surface area contributed by atoms with Crippen molar-refractivity contribution in [3.63, 3.8) is 0 Å². The van der Waals surface area contributed by atoms with Gasteiger partial charge in [-0.3, -0.25) is 4.79 Å². The van der Waals surface area contributed by atoms with E-state index in [0.717, 1.165) is 11.0 Å². The molecule has 0 saturated carbocycles. The van der Waals surface area contributed by atoms with Crippen LogP contribution in [-0.4, -0.2) is 80.9 Å². The number of aliphatic hydroxyl groups excluding tert-OH is 1. The molecule has 8 heteroatoms. The van der Waals surface area contributed by atoms with Crippen molar-refractivity contribution < 1.29 is 33.2 Å². The van der Waals surface area contributed by atoms with Gasteiger partial charge in [-0.2, -0.15) is 0 Å². The van der Waals surface area contributed by atoms with Crippen molar-refractivity contribution in [1.82, 2.24) is 0 Å². The molecule has 0 bridgehead atoms. The van der Waals surface area contributed by atoms with Gasteiger partial charge in [-0.1, -0.05) is 4.57 Å². The lowest BCUT2D eigenvalue weighted by Gasteiger charge is -2.21. The molecule has 0 aliphatic carbocycles. The van der Waals surface area contributed by atoms with Crippen LogP contribution in [0, 0.1) is 0 Å². The summed E-state index contributed by atoms with van der Waals surface area (Å²) >= 11 is 0. The van der Waals surface area contributed by atoms with Gasteiger partial charge in [0.25, 0.3) is 0 Å². The maximum absolute atomic E-state index is 11.7. The van der Waals surface area contributed by atoms with E-state index in [2.05, 4.69) is 4.74 Å². The molecule has 0 saturated heterocycles. The summed E-state index contributed by atoms with van der Waals surface area (Å²) in [5, 5.41) is 9.44. The standard InChI is InChI=1S/C13H26NO6P/c1-5-19-12(16)10-11(15)13(17)20-7-9-21(18)8-6-14(2,3)4/h11,15H,5-10H2,1-4H3/q+2. The Morgan fingerprint density at radius 2 is 1.81 bits per heavy atom. The SMILES string of the molecule is CCOC(=O)CC(O)C(=O)OCC[P+](=O)CC[N+](C)(C)C. The van der Waals surface area contributed by atoms with E-state index in [-0.39, 0.29) is 19.4 Å². The largest absolute Gasteiger partial charge is 0.466 e. The number of quaternary nitrogens is 1. The molecule has 0 amide bonds. The number of carbonyl (C=O) groups excluding carboxylic acids is 2. The second kappa shape index (κ2) is 9.82. The summed E-state index contributed by atoms with van der Waals surface area (Å²) < 4.78 is 21.8. The average molecular weight is 323 g/mol. The Morgan fingerprint density at radius 3 is 2.33 bits per heavy atom. The van der Waals surface area contributed by atoms with Crippen LogP contribution < -0.4 is 0 Å². The van der Waals surface area contributed by atoms with Gasteiger partial charge in [0.1, 0.15) is 13.2 Å². The van der Waals surface area contributed by atoms with E-state index in [1.54, 1.807) is 6.92 Å². The third-order valence-corrected chi connectivity index (χ3v) is 3.92. The maximum Gasteiger partial charge on any atom is 0.348 e. The van der Waals surface area contributed by atoms with Crippen molar-refractivity contribution in [2.45, 2.75) is 19.4 Å². The minimum atomic E-state index is -1.53. The Kier molecular flexibility index (Phi) is 9.33. The van der Waals surface area contributed by atoms with E-state index in [9.17, 15) is 19.3 Å². The van der Waals surface area contributed by atoms with E-state index in [1.807, 2.05) is 21.1 Å². The van der Waals surface area contributed by atoms with E-state index >= 15 is 0 Å². The lowest BCUT2D eigenvalue weighted by molar-refractivity contribution is -0.867. The van der Waals surface area contributed by atoms with Crippen molar-refractivity contribution in [1.29, 1.82) is 0 Å². The average Bonchev–Trinajstić information content (AvgIpc) is 2.35. The molecule has 21 heavy (non-hydrogen) atoms. The quantitative estimate of drug-likeness (QED) is 0.355. The first-order valence-electron chi connectivity index (χ1n) is 6.88. The second-order valence-electron chi connectivity index (χ2n) is 5.64. The highest BCUT2D eigenvalue weighted by Crippen LogP contribution is 2.20. The number of nitrogens with zero attached hydrogens (tertiary/aromatic N) is 1. The van der Waals surface area contributed by atoms with Gasteiger partial charge in [0, 0.05) is 0 Å². The molecule has 0 spiro atoms.